The van der Waals surface area contributed by atoms with Gasteiger partial charge in [0, 0.05) is 0 Å². The quantitative estimate of drug-likeness (QED) is 0.583. The molecule has 1 heterocycles. The van der Waals surface area contributed by atoms with Crippen molar-refractivity contribution in [1.29, 1.82) is 0 Å². The van der Waals surface area contributed by atoms with Crippen molar-refractivity contribution in [2.24, 2.45) is 0 Å². The summed E-state index contributed by atoms with van der Waals surface area (Å²) in [7, 11) is 1.18. The Kier molecular flexibility index (Phi) is 2.88. The third kappa shape index (κ3) is 1.87. The van der Waals surface area contributed by atoms with E-state index in [9.17, 15) is 14.9 Å². The van der Waals surface area contributed by atoms with Gasteiger partial charge in [0.2, 0.25) is 5.76 Å². The van der Waals surface area contributed by atoms with E-state index in [0.717, 1.165) is 0 Å². The van der Waals surface area contributed by atoms with Gasteiger partial charge in [-0.25, -0.2) is 0 Å². The second-order valence-corrected chi connectivity index (χ2v) is 2.72. The molecule has 0 aliphatic heterocycles. The van der Waals surface area contributed by atoms with Gasteiger partial charge in [0.1, 0.15) is 5.92 Å². The third-order valence-electron chi connectivity index (χ3n) is 1.80. The van der Waals surface area contributed by atoms with Crippen LogP contribution in [-0.2, 0) is 4.79 Å². The highest BCUT2D eigenvalue weighted by atomic mass is 16.6. The highest BCUT2D eigenvalue weighted by Gasteiger charge is 2.34. The van der Waals surface area contributed by atoms with Crippen LogP contribution in [0.1, 0.15) is 18.6 Å². The molecule has 1 aromatic heterocycles. The minimum absolute atomic E-state index is 0.329. The molecule has 15 heavy (non-hydrogen) atoms. The summed E-state index contributed by atoms with van der Waals surface area (Å²) < 4.78 is 9.15. The second kappa shape index (κ2) is 3.95. The van der Waals surface area contributed by atoms with Gasteiger partial charge in [-0.1, -0.05) is 0 Å². The second-order valence-electron chi connectivity index (χ2n) is 2.72. The number of hydrogen-bond donors (Lipinski definition) is 1. The first kappa shape index (κ1) is 11.0. The molecular weight excluding hydrogens is 208 g/mol. The van der Waals surface area contributed by atoms with Crippen molar-refractivity contribution >= 4 is 11.7 Å². The standard InChI is InChI=1S/C7H8N2O6/c1-3(7(10)11)5-4(9(12)13)6(14-2)8-15-5/h3H,1-2H3,(H,10,11). The van der Waals surface area contributed by atoms with E-state index in [-0.39, 0.29) is 11.6 Å². The molecule has 1 aromatic rings. The van der Waals surface area contributed by atoms with E-state index in [1.54, 1.807) is 0 Å². The first-order valence-electron chi connectivity index (χ1n) is 3.89. The maximum Gasteiger partial charge on any atom is 0.375 e. The van der Waals surface area contributed by atoms with Gasteiger partial charge in [-0.05, 0) is 12.1 Å². The Hall–Kier alpha value is -2.12. The van der Waals surface area contributed by atoms with Gasteiger partial charge in [0.15, 0.2) is 0 Å². The third-order valence-corrected chi connectivity index (χ3v) is 1.80. The van der Waals surface area contributed by atoms with Crippen LogP contribution in [0.4, 0.5) is 5.69 Å². The molecule has 1 rings (SSSR count). The van der Waals surface area contributed by atoms with Gasteiger partial charge in [-0.3, -0.25) is 14.9 Å². The van der Waals surface area contributed by atoms with Gasteiger partial charge in [0.05, 0.1) is 12.0 Å². The van der Waals surface area contributed by atoms with Gasteiger partial charge in [-0.2, -0.15) is 0 Å². The Bertz CT molecular complexity index is 398. The van der Waals surface area contributed by atoms with E-state index in [0.29, 0.717) is 0 Å². The topological polar surface area (TPSA) is 116 Å². The fraction of sp³-hybridized carbons (Fsp3) is 0.429. The fourth-order valence-electron chi connectivity index (χ4n) is 0.981. The van der Waals surface area contributed by atoms with Crippen LogP contribution in [0.25, 0.3) is 0 Å². The number of ether oxygens (including phenoxy) is 1. The van der Waals surface area contributed by atoms with Crippen molar-refractivity contribution in [2.45, 2.75) is 12.8 Å². The highest BCUT2D eigenvalue weighted by Crippen LogP contribution is 2.34. The van der Waals surface area contributed by atoms with Crippen LogP contribution in [0.2, 0.25) is 0 Å². The van der Waals surface area contributed by atoms with Crippen molar-refractivity contribution < 1.29 is 24.1 Å². The Morgan fingerprint density at radius 3 is 2.73 bits per heavy atom. The smallest absolute Gasteiger partial charge is 0.375 e. The lowest BCUT2D eigenvalue weighted by Gasteiger charge is -1.99. The van der Waals surface area contributed by atoms with E-state index >= 15 is 0 Å². The number of nitro groups is 1. The van der Waals surface area contributed by atoms with Crippen molar-refractivity contribution in [2.75, 3.05) is 7.11 Å². The molecule has 8 nitrogen and oxygen atoms in total. The SMILES string of the molecule is COc1noc(C(C)C(=O)O)c1[N+](=O)[O-]. The van der Waals surface area contributed by atoms with Crippen LogP contribution in [-0.4, -0.2) is 28.3 Å². The van der Waals surface area contributed by atoms with Crippen LogP contribution in [0, 0.1) is 10.1 Å². The molecule has 1 unspecified atom stereocenters. The molecule has 0 amide bonds. The summed E-state index contributed by atoms with van der Waals surface area (Å²) in [5, 5.41) is 22.6. The minimum atomic E-state index is -1.24. The molecule has 1 N–H and O–H groups in total. The molecule has 82 valence electrons. The number of methoxy groups -OCH3 is 1. The summed E-state index contributed by atoms with van der Waals surface area (Å²) >= 11 is 0. The lowest BCUT2D eigenvalue weighted by Crippen LogP contribution is -2.08. The molecule has 0 saturated carbocycles. The van der Waals surface area contributed by atoms with Gasteiger partial charge < -0.3 is 14.4 Å². The molecule has 0 aliphatic rings. The first-order chi connectivity index (χ1) is 6.99. The Morgan fingerprint density at radius 1 is 1.73 bits per heavy atom. The molecule has 0 aliphatic carbocycles. The van der Waals surface area contributed by atoms with Crippen molar-refractivity contribution in [3.05, 3.63) is 15.9 Å². The summed E-state index contributed by atoms with van der Waals surface area (Å²) in [5.41, 5.74) is -0.549. The summed E-state index contributed by atoms with van der Waals surface area (Å²) in [5.74, 6) is -3.05. The number of carboxylic acids is 1. The number of aromatic nitrogens is 1. The van der Waals surface area contributed by atoms with E-state index in [1.807, 2.05) is 0 Å². The van der Waals surface area contributed by atoms with Crippen molar-refractivity contribution in [1.82, 2.24) is 5.16 Å². The molecule has 1 atom stereocenters. The molecule has 8 heteroatoms. The number of hydrogen-bond acceptors (Lipinski definition) is 6. The average molecular weight is 216 g/mol. The average Bonchev–Trinajstić information content (AvgIpc) is 2.59. The van der Waals surface area contributed by atoms with Crippen LogP contribution < -0.4 is 4.74 Å². The lowest BCUT2D eigenvalue weighted by molar-refractivity contribution is -0.387. The van der Waals surface area contributed by atoms with Crippen LogP contribution in [0.3, 0.4) is 0 Å². The Morgan fingerprint density at radius 2 is 2.33 bits per heavy atom. The number of carbonyl (C=O) groups is 1. The van der Waals surface area contributed by atoms with Crippen molar-refractivity contribution in [3.8, 4) is 5.88 Å². The predicted molar refractivity (Wildman–Crippen MR) is 45.8 cm³/mol. The summed E-state index contributed by atoms with van der Waals surface area (Å²) in [6, 6.07) is 0. The van der Waals surface area contributed by atoms with Crippen LogP contribution >= 0.6 is 0 Å². The van der Waals surface area contributed by atoms with E-state index in [1.165, 1.54) is 14.0 Å². The van der Waals surface area contributed by atoms with Crippen LogP contribution in [0.15, 0.2) is 4.52 Å². The fourth-order valence-corrected chi connectivity index (χ4v) is 0.981. The molecule has 0 fully saturated rings. The molecule has 0 spiro atoms. The maximum atomic E-state index is 10.6. The van der Waals surface area contributed by atoms with Crippen molar-refractivity contribution in [3.63, 3.8) is 0 Å². The summed E-state index contributed by atoms with van der Waals surface area (Å²) in [6.07, 6.45) is 0. The minimum Gasteiger partial charge on any atom is -0.481 e. The number of nitrogens with zero attached hydrogens (tertiary/aromatic N) is 2. The number of carboxylic acid groups (broad SMARTS) is 1. The molecular formula is C7H8N2O6. The Balaban J connectivity index is 3.24. The first-order valence-corrected chi connectivity index (χ1v) is 3.89. The monoisotopic (exact) mass is 216 g/mol. The van der Waals surface area contributed by atoms with E-state index in [2.05, 4.69) is 14.4 Å². The van der Waals surface area contributed by atoms with E-state index < -0.39 is 22.5 Å². The zero-order chi connectivity index (χ0) is 11.6. The van der Waals surface area contributed by atoms with Gasteiger partial charge in [0.25, 0.3) is 0 Å². The normalized spacial score (nSPS) is 12.1. The molecule has 0 aromatic carbocycles. The zero-order valence-corrected chi connectivity index (χ0v) is 7.96. The largest absolute Gasteiger partial charge is 0.481 e. The molecule has 0 bridgehead atoms. The van der Waals surface area contributed by atoms with Gasteiger partial charge in [-0.15, -0.1) is 0 Å². The zero-order valence-electron chi connectivity index (χ0n) is 7.96. The molecule has 0 radical (unpaired) electrons. The van der Waals surface area contributed by atoms with Crippen LogP contribution in [0.5, 0.6) is 5.88 Å². The predicted octanol–water partition coefficient (Wildman–Crippen LogP) is 0.779. The lowest BCUT2D eigenvalue weighted by atomic mass is 10.1. The summed E-state index contributed by atoms with van der Waals surface area (Å²) in [6.45, 7) is 1.26. The highest BCUT2D eigenvalue weighted by molar-refractivity contribution is 5.76. The summed E-state index contributed by atoms with van der Waals surface area (Å²) in [4.78, 5) is 20.5. The van der Waals surface area contributed by atoms with Gasteiger partial charge >= 0.3 is 17.5 Å². The molecule has 0 saturated heterocycles. The van der Waals surface area contributed by atoms with E-state index in [4.69, 9.17) is 5.11 Å². The number of rotatable bonds is 4. The maximum absolute atomic E-state index is 10.6. The number of aliphatic carboxylic acids is 1. The Labute approximate surface area is 83.6 Å².